The van der Waals surface area contributed by atoms with Gasteiger partial charge in [-0.15, -0.1) is 11.8 Å². The predicted octanol–water partition coefficient (Wildman–Crippen LogP) is 2.18. The molecular formula is C8H9BrN2S. The first-order chi connectivity index (χ1) is 5.86. The molecule has 2 heterocycles. The molecule has 1 atom stereocenters. The number of hydrogen-bond donors (Lipinski definition) is 1. The summed E-state index contributed by atoms with van der Waals surface area (Å²) in [5, 5.41) is 3.90. The minimum Gasteiger partial charge on any atom is -0.306 e. The second-order valence-corrected chi connectivity index (χ2v) is 4.67. The summed E-state index contributed by atoms with van der Waals surface area (Å²) in [5.74, 6) is 1.06. The van der Waals surface area contributed by atoms with Crippen LogP contribution in [0.2, 0.25) is 0 Å². The monoisotopic (exact) mass is 244 g/mol. The van der Waals surface area contributed by atoms with Gasteiger partial charge in [-0.2, -0.15) is 0 Å². The Balaban J connectivity index is 2.17. The van der Waals surface area contributed by atoms with E-state index in [9.17, 15) is 0 Å². The Bertz CT molecular complexity index is 256. The first-order valence-electron chi connectivity index (χ1n) is 3.80. The fraction of sp³-hybridized carbons (Fsp3) is 0.375. The molecule has 0 aliphatic carbocycles. The summed E-state index contributed by atoms with van der Waals surface area (Å²) in [6.45, 7) is 1.06. The number of nitrogens with one attached hydrogen (secondary N) is 1. The highest BCUT2D eigenvalue weighted by Crippen LogP contribution is 2.31. The normalized spacial score (nSPS) is 22.9. The van der Waals surface area contributed by atoms with Crippen molar-refractivity contribution in [3.8, 4) is 0 Å². The van der Waals surface area contributed by atoms with Crippen LogP contribution in [0.5, 0.6) is 0 Å². The van der Waals surface area contributed by atoms with E-state index in [4.69, 9.17) is 0 Å². The van der Waals surface area contributed by atoms with Crippen molar-refractivity contribution in [2.24, 2.45) is 0 Å². The number of nitrogens with zero attached hydrogens (tertiary/aromatic N) is 1. The summed E-state index contributed by atoms with van der Waals surface area (Å²) >= 11 is 5.26. The molecule has 4 heteroatoms. The first-order valence-corrected chi connectivity index (χ1v) is 5.64. The van der Waals surface area contributed by atoms with Gasteiger partial charge in [0.15, 0.2) is 0 Å². The molecule has 1 N–H and O–H groups in total. The van der Waals surface area contributed by atoms with Gasteiger partial charge in [0.2, 0.25) is 0 Å². The summed E-state index contributed by atoms with van der Waals surface area (Å²) < 4.78 is 0.905. The molecular weight excluding hydrogens is 236 g/mol. The second-order valence-electron chi connectivity index (χ2n) is 2.67. The Kier molecular flexibility index (Phi) is 2.68. The third kappa shape index (κ3) is 1.81. The molecule has 2 nitrogen and oxygen atoms in total. The molecule has 0 aromatic carbocycles. The number of hydrogen-bond acceptors (Lipinski definition) is 3. The van der Waals surface area contributed by atoms with Crippen molar-refractivity contribution in [2.45, 2.75) is 5.25 Å². The van der Waals surface area contributed by atoms with Crippen molar-refractivity contribution in [2.75, 3.05) is 12.4 Å². The van der Waals surface area contributed by atoms with Crippen LogP contribution in [0, 0.1) is 0 Å². The quantitative estimate of drug-likeness (QED) is 0.767. The molecule has 1 fully saturated rings. The maximum absolute atomic E-state index is 4.20. The minimum atomic E-state index is 0.589. The molecule has 2 rings (SSSR count). The van der Waals surface area contributed by atoms with Crippen LogP contribution in [0.1, 0.15) is 10.8 Å². The van der Waals surface area contributed by atoms with Gasteiger partial charge in [0, 0.05) is 23.9 Å². The third-order valence-corrected chi connectivity index (χ3v) is 3.52. The molecule has 0 unspecified atom stereocenters. The lowest BCUT2D eigenvalue weighted by atomic mass is 10.2. The molecule has 64 valence electrons. The molecule has 1 aromatic rings. The minimum absolute atomic E-state index is 0.589. The average Bonchev–Trinajstić information content (AvgIpc) is 2.58. The highest BCUT2D eigenvalue weighted by Gasteiger charge is 2.16. The summed E-state index contributed by atoms with van der Waals surface area (Å²) in [6, 6.07) is 4.12. The SMILES string of the molecule is Brc1ccc([C@H]2CNCS2)cn1. The van der Waals surface area contributed by atoms with Gasteiger partial charge >= 0.3 is 0 Å². The van der Waals surface area contributed by atoms with E-state index in [1.54, 1.807) is 0 Å². The van der Waals surface area contributed by atoms with Crippen LogP contribution in [-0.4, -0.2) is 17.4 Å². The van der Waals surface area contributed by atoms with Crippen LogP contribution in [-0.2, 0) is 0 Å². The van der Waals surface area contributed by atoms with Crippen LogP contribution in [0.15, 0.2) is 22.9 Å². The summed E-state index contributed by atoms with van der Waals surface area (Å²) in [7, 11) is 0. The van der Waals surface area contributed by atoms with Crippen LogP contribution in [0.4, 0.5) is 0 Å². The second kappa shape index (κ2) is 3.77. The van der Waals surface area contributed by atoms with Crippen molar-refractivity contribution in [1.82, 2.24) is 10.3 Å². The van der Waals surface area contributed by atoms with E-state index in [1.165, 1.54) is 5.56 Å². The molecule has 1 saturated heterocycles. The first kappa shape index (κ1) is 8.53. The van der Waals surface area contributed by atoms with Gasteiger partial charge in [0.05, 0.1) is 0 Å². The van der Waals surface area contributed by atoms with Crippen LogP contribution in [0.25, 0.3) is 0 Å². The van der Waals surface area contributed by atoms with E-state index in [-0.39, 0.29) is 0 Å². The van der Waals surface area contributed by atoms with E-state index in [2.05, 4.69) is 32.3 Å². The third-order valence-electron chi connectivity index (χ3n) is 1.84. The van der Waals surface area contributed by atoms with E-state index in [0.717, 1.165) is 17.0 Å². The van der Waals surface area contributed by atoms with E-state index < -0.39 is 0 Å². The summed E-state index contributed by atoms with van der Waals surface area (Å²) in [5.41, 5.74) is 1.31. The van der Waals surface area contributed by atoms with Gasteiger partial charge in [-0.25, -0.2) is 4.98 Å². The lowest BCUT2D eigenvalue weighted by molar-refractivity contribution is 0.804. The van der Waals surface area contributed by atoms with Gasteiger partial charge in [-0.05, 0) is 27.6 Å². The van der Waals surface area contributed by atoms with Crippen LogP contribution >= 0.6 is 27.7 Å². The van der Waals surface area contributed by atoms with Crippen molar-refractivity contribution < 1.29 is 0 Å². The average molecular weight is 245 g/mol. The largest absolute Gasteiger partial charge is 0.306 e. The zero-order chi connectivity index (χ0) is 8.39. The van der Waals surface area contributed by atoms with Crippen LogP contribution < -0.4 is 5.32 Å². The Labute approximate surface area is 84.3 Å². The smallest absolute Gasteiger partial charge is 0.106 e. The van der Waals surface area contributed by atoms with Gasteiger partial charge in [0.1, 0.15) is 4.60 Å². The number of halogens is 1. The molecule has 0 bridgehead atoms. The zero-order valence-electron chi connectivity index (χ0n) is 6.46. The number of aromatic nitrogens is 1. The maximum Gasteiger partial charge on any atom is 0.106 e. The van der Waals surface area contributed by atoms with Crippen molar-refractivity contribution in [1.29, 1.82) is 0 Å². The molecule has 0 saturated carbocycles. The number of pyridine rings is 1. The van der Waals surface area contributed by atoms with Gasteiger partial charge in [0.25, 0.3) is 0 Å². The summed E-state index contributed by atoms with van der Waals surface area (Å²) in [4.78, 5) is 4.20. The Morgan fingerprint density at radius 3 is 3.08 bits per heavy atom. The lowest BCUT2D eigenvalue weighted by Gasteiger charge is -2.06. The topological polar surface area (TPSA) is 24.9 Å². The molecule has 1 aliphatic heterocycles. The number of rotatable bonds is 1. The van der Waals surface area contributed by atoms with Gasteiger partial charge in [-0.3, -0.25) is 0 Å². The fourth-order valence-electron chi connectivity index (χ4n) is 1.20. The van der Waals surface area contributed by atoms with Gasteiger partial charge in [-0.1, -0.05) is 6.07 Å². The maximum atomic E-state index is 4.20. The Morgan fingerprint density at radius 2 is 2.50 bits per heavy atom. The predicted molar refractivity (Wildman–Crippen MR) is 55.1 cm³/mol. The highest BCUT2D eigenvalue weighted by molar-refractivity contribution is 9.10. The van der Waals surface area contributed by atoms with Gasteiger partial charge < -0.3 is 5.32 Å². The van der Waals surface area contributed by atoms with E-state index >= 15 is 0 Å². The van der Waals surface area contributed by atoms with E-state index in [0.29, 0.717) is 5.25 Å². The van der Waals surface area contributed by atoms with Crippen molar-refractivity contribution in [3.05, 3.63) is 28.5 Å². The molecule has 0 spiro atoms. The van der Waals surface area contributed by atoms with Crippen molar-refractivity contribution >= 4 is 27.7 Å². The van der Waals surface area contributed by atoms with Crippen LogP contribution in [0.3, 0.4) is 0 Å². The fourth-order valence-corrected chi connectivity index (χ4v) is 2.44. The Morgan fingerprint density at radius 1 is 1.58 bits per heavy atom. The molecule has 1 aromatic heterocycles. The molecule has 1 aliphatic rings. The Hall–Kier alpha value is -0.0600. The molecule has 12 heavy (non-hydrogen) atoms. The highest BCUT2D eigenvalue weighted by atomic mass is 79.9. The lowest BCUT2D eigenvalue weighted by Crippen LogP contribution is -2.07. The number of thioether (sulfide) groups is 1. The zero-order valence-corrected chi connectivity index (χ0v) is 8.86. The summed E-state index contributed by atoms with van der Waals surface area (Å²) in [6.07, 6.45) is 1.94. The van der Waals surface area contributed by atoms with Crippen molar-refractivity contribution in [3.63, 3.8) is 0 Å². The van der Waals surface area contributed by atoms with E-state index in [1.807, 2.05) is 24.0 Å². The molecule has 0 radical (unpaired) electrons. The standard InChI is InChI=1S/C8H9BrN2S/c9-8-2-1-6(3-11-8)7-4-10-5-12-7/h1-3,7,10H,4-5H2/t7-/m1/s1. The molecule has 0 amide bonds.